The summed E-state index contributed by atoms with van der Waals surface area (Å²) in [5, 5.41) is 0. The molecule has 0 saturated heterocycles. The largest absolute Gasteiger partial charge is 0.358 e. The molecule has 5 rings (SSSR count). The maximum absolute atomic E-state index is 12.8. The van der Waals surface area contributed by atoms with Gasteiger partial charge in [0.05, 0.1) is 17.7 Å². The molecule has 5 nitrogen and oxygen atoms in total. The molecule has 1 aliphatic heterocycles. The lowest BCUT2D eigenvalue weighted by Crippen LogP contribution is -2.29. The first kappa shape index (κ1) is 17.6. The summed E-state index contributed by atoms with van der Waals surface area (Å²) < 4.78 is 0. The third kappa shape index (κ3) is 2.65. The topological polar surface area (TPSA) is 70.2 Å². The number of fused-ring (bicyclic) bond motifs is 2. The Hall–Kier alpha value is -3.47. The Morgan fingerprint density at radius 3 is 2.17 bits per heavy atom. The molecule has 0 radical (unpaired) electrons. The fraction of sp³-hybridized carbons (Fsp3) is 0.208. The van der Waals surface area contributed by atoms with E-state index in [0.717, 1.165) is 46.5 Å². The Morgan fingerprint density at radius 2 is 1.48 bits per heavy atom. The van der Waals surface area contributed by atoms with Gasteiger partial charge in [0.2, 0.25) is 0 Å². The molecule has 0 saturated carbocycles. The van der Waals surface area contributed by atoms with Crippen molar-refractivity contribution in [2.75, 3.05) is 0 Å². The summed E-state index contributed by atoms with van der Waals surface area (Å²) in [7, 11) is 0. The number of amides is 2. The number of nitrogens with one attached hydrogen (secondary N) is 1. The summed E-state index contributed by atoms with van der Waals surface area (Å²) in [6, 6.07) is 14.7. The third-order valence-corrected chi connectivity index (χ3v) is 5.89. The molecule has 1 N–H and O–H groups in total. The fourth-order valence-electron chi connectivity index (χ4n) is 4.54. The van der Waals surface area contributed by atoms with Crippen LogP contribution in [0.25, 0.3) is 11.3 Å². The Morgan fingerprint density at radius 1 is 0.862 bits per heavy atom. The van der Waals surface area contributed by atoms with Crippen LogP contribution in [0.3, 0.4) is 0 Å². The minimum absolute atomic E-state index is 0.184. The number of Topliss-reactive ketones (excluding diaryl/α,β-unsaturated/α-hetero) is 1. The van der Waals surface area contributed by atoms with E-state index in [0.29, 0.717) is 17.5 Å². The van der Waals surface area contributed by atoms with Gasteiger partial charge in [-0.25, -0.2) is 0 Å². The molecule has 2 heterocycles. The highest BCUT2D eigenvalue weighted by molar-refractivity contribution is 6.21. The Kier molecular flexibility index (Phi) is 3.98. The first-order valence-corrected chi connectivity index (χ1v) is 9.84. The van der Waals surface area contributed by atoms with Gasteiger partial charge in [0.15, 0.2) is 5.78 Å². The number of imide groups is 1. The number of aryl methyl sites for hydroxylation is 1. The first-order chi connectivity index (χ1) is 14.1. The summed E-state index contributed by atoms with van der Waals surface area (Å²) >= 11 is 0. The lowest BCUT2D eigenvalue weighted by atomic mass is 9.89. The van der Waals surface area contributed by atoms with Gasteiger partial charge in [-0.05, 0) is 43.0 Å². The van der Waals surface area contributed by atoms with Crippen molar-refractivity contribution in [1.82, 2.24) is 9.88 Å². The standard InChI is InChI=1S/C24H20N2O3/c1-14-21-19(11-6-12-20(21)27)22(25-14)16-8-3-2-7-15(16)13-26-23(28)17-9-4-5-10-18(17)24(26)29/h2-5,7-10,25H,6,11-13H2,1H3. The minimum Gasteiger partial charge on any atom is -0.358 e. The number of benzene rings is 2. The van der Waals surface area contributed by atoms with Crippen molar-refractivity contribution in [2.24, 2.45) is 0 Å². The van der Waals surface area contributed by atoms with Crippen molar-refractivity contribution in [3.8, 4) is 11.3 Å². The lowest BCUT2D eigenvalue weighted by Gasteiger charge is -2.18. The van der Waals surface area contributed by atoms with Crippen molar-refractivity contribution in [3.05, 3.63) is 82.0 Å². The molecule has 5 heteroatoms. The van der Waals surface area contributed by atoms with E-state index in [9.17, 15) is 14.4 Å². The van der Waals surface area contributed by atoms with E-state index in [1.165, 1.54) is 4.90 Å². The molecule has 0 unspecified atom stereocenters. The number of hydrogen-bond donors (Lipinski definition) is 1. The highest BCUT2D eigenvalue weighted by atomic mass is 16.2. The minimum atomic E-state index is -0.264. The zero-order valence-electron chi connectivity index (χ0n) is 16.1. The van der Waals surface area contributed by atoms with Crippen molar-refractivity contribution in [2.45, 2.75) is 32.7 Å². The molecule has 1 aromatic heterocycles. The van der Waals surface area contributed by atoms with E-state index in [1.807, 2.05) is 31.2 Å². The van der Waals surface area contributed by atoms with E-state index in [-0.39, 0.29) is 24.1 Å². The molecule has 29 heavy (non-hydrogen) atoms. The van der Waals surface area contributed by atoms with E-state index < -0.39 is 0 Å². The van der Waals surface area contributed by atoms with Crippen LogP contribution in [0, 0.1) is 6.92 Å². The molecule has 1 aliphatic carbocycles. The molecule has 2 aromatic carbocycles. The number of ketones is 1. The van der Waals surface area contributed by atoms with E-state index >= 15 is 0 Å². The smallest absolute Gasteiger partial charge is 0.261 e. The number of rotatable bonds is 3. The SMILES string of the molecule is Cc1[nH]c(-c2ccccc2CN2C(=O)c3ccccc3C2=O)c2c1C(=O)CCC2. The van der Waals surface area contributed by atoms with Gasteiger partial charge in [-0.1, -0.05) is 36.4 Å². The Labute approximate surface area is 168 Å². The predicted molar refractivity (Wildman–Crippen MR) is 109 cm³/mol. The molecule has 3 aromatic rings. The number of H-pyrrole nitrogens is 1. The predicted octanol–water partition coefficient (Wildman–Crippen LogP) is 4.31. The number of nitrogens with zero attached hydrogens (tertiary/aromatic N) is 1. The van der Waals surface area contributed by atoms with Crippen LogP contribution in [0.1, 0.15) is 60.7 Å². The number of aromatic nitrogens is 1. The molecule has 0 atom stereocenters. The highest BCUT2D eigenvalue weighted by Gasteiger charge is 2.35. The average molecular weight is 384 g/mol. The fourth-order valence-corrected chi connectivity index (χ4v) is 4.54. The van der Waals surface area contributed by atoms with Crippen LogP contribution in [0.2, 0.25) is 0 Å². The molecule has 2 amide bonds. The molecule has 0 bridgehead atoms. The Balaban J connectivity index is 1.56. The average Bonchev–Trinajstić information content (AvgIpc) is 3.19. The van der Waals surface area contributed by atoms with Crippen LogP contribution < -0.4 is 0 Å². The van der Waals surface area contributed by atoms with E-state index in [1.54, 1.807) is 24.3 Å². The molecular formula is C24H20N2O3. The van der Waals surface area contributed by atoms with Crippen LogP contribution in [0.15, 0.2) is 48.5 Å². The van der Waals surface area contributed by atoms with Crippen molar-refractivity contribution in [1.29, 1.82) is 0 Å². The van der Waals surface area contributed by atoms with Gasteiger partial charge in [-0.15, -0.1) is 0 Å². The molecular weight excluding hydrogens is 364 g/mol. The number of aromatic amines is 1. The Bertz CT molecular complexity index is 1150. The second kappa shape index (κ2) is 6.55. The quantitative estimate of drug-likeness (QED) is 0.684. The van der Waals surface area contributed by atoms with Gasteiger partial charge in [0.25, 0.3) is 11.8 Å². The van der Waals surface area contributed by atoms with Gasteiger partial charge < -0.3 is 4.98 Å². The van der Waals surface area contributed by atoms with Gasteiger partial charge in [0, 0.05) is 28.9 Å². The van der Waals surface area contributed by atoms with Crippen molar-refractivity contribution in [3.63, 3.8) is 0 Å². The van der Waals surface area contributed by atoms with Crippen LogP contribution >= 0.6 is 0 Å². The zero-order valence-corrected chi connectivity index (χ0v) is 16.1. The number of carbonyl (C=O) groups is 3. The highest BCUT2D eigenvalue weighted by Crippen LogP contribution is 2.36. The van der Waals surface area contributed by atoms with Crippen molar-refractivity contribution < 1.29 is 14.4 Å². The normalized spacial score (nSPS) is 15.6. The van der Waals surface area contributed by atoms with Gasteiger partial charge in [-0.2, -0.15) is 0 Å². The number of hydrogen-bond acceptors (Lipinski definition) is 3. The van der Waals surface area contributed by atoms with Crippen LogP contribution in [-0.4, -0.2) is 27.5 Å². The summed E-state index contributed by atoms with van der Waals surface area (Å²) in [6.07, 6.45) is 2.28. The van der Waals surface area contributed by atoms with Crippen molar-refractivity contribution >= 4 is 17.6 Å². The molecule has 2 aliphatic rings. The van der Waals surface area contributed by atoms with Gasteiger partial charge in [0.1, 0.15) is 0 Å². The van der Waals surface area contributed by atoms with E-state index in [2.05, 4.69) is 4.98 Å². The number of carbonyl (C=O) groups excluding carboxylic acids is 3. The first-order valence-electron chi connectivity index (χ1n) is 9.84. The summed E-state index contributed by atoms with van der Waals surface area (Å²) in [5.41, 5.74) is 6.39. The maximum Gasteiger partial charge on any atom is 0.261 e. The second-order valence-corrected chi connectivity index (χ2v) is 7.65. The summed E-state index contributed by atoms with van der Waals surface area (Å²) in [6.45, 7) is 2.13. The van der Waals surface area contributed by atoms with E-state index in [4.69, 9.17) is 0 Å². The maximum atomic E-state index is 12.8. The summed E-state index contributed by atoms with van der Waals surface area (Å²) in [5.74, 6) is -0.343. The molecule has 0 spiro atoms. The zero-order chi connectivity index (χ0) is 20.1. The molecule has 0 fully saturated rings. The van der Waals surface area contributed by atoms with Gasteiger partial charge in [-0.3, -0.25) is 19.3 Å². The lowest BCUT2D eigenvalue weighted by molar-refractivity contribution is 0.0642. The van der Waals surface area contributed by atoms with Crippen LogP contribution in [0.5, 0.6) is 0 Å². The summed E-state index contributed by atoms with van der Waals surface area (Å²) in [4.78, 5) is 42.7. The second-order valence-electron chi connectivity index (χ2n) is 7.65. The van der Waals surface area contributed by atoms with Gasteiger partial charge >= 0.3 is 0 Å². The van der Waals surface area contributed by atoms with Crippen LogP contribution in [0.4, 0.5) is 0 Å². The van der Waals surface area contributed by atoms with Crippen LogP contribution in [-0.2, 0) is 13.0 Å². The monoisotopic (exact) mass is 384 g/mol. The third-order valence-electron chi connectivity index (χ3n) is 5.89. The molecule has 144 valence electrons.